The van der Waals surface area contributed by atoms with Gasteiger partial charge in [-0.1, -0.05) is 12.1 Å². The molecule has 0 saturated heterocycles. The van der Waals surface area contributed by atoms with Crippen molar-refractivity contribution in [1.29, 1.82) is 0 Å². The van der Waals surface area contributed by atoms with Crippen molar-refractivity contribution in [2.75, 3.05) is 0 Å². The first kappa shape index (κ1) is 14.1. The lowest BCUT2D eigenvalue weighted by atomic mass is 9.97. The van der Waals surface area contributed by atoms with Crippen molar-refractivity contribution in [3.05, 3.63) is 68.9 Å². The summed E-state index contributed by atoms with van der Waals surface area (Å²) in [5.74, 6) is -2.59. The fraction of sp³-hybridized carbons (Fsp3) is 0.143. The number of halogens is 4. The van der Waals surface area contributed by atoms with Gasteiger partial charge in [0.05, 0.1) is 4.47 Å². The highest BCUT2D eigenvalue weighted by Crippen LogP contribution is 2.33. The molecule has 0 aromatic heterocycles. The molecule has 1 unspecified atom stereocenters. The van der Waals surface area contributed by atoms with Crippen LogP contribution in [0.5, 0.6) is 0 Å². The normalized spacial score (nSPS) is 12.5. The van der Waals surface area contributed by atoms with Crippen LogP contribution in [-0.2, 0) is 0 Å². The first-order valence-corrected chi connectivity index (χ1v) is 6.28. The van der Waals surface area contributed by atoms with Crippen LogP contribution in [0.1, 0.15) is 22.8 Å². The van der Waals surface area contributed by atoms with Crippen LogP contribution >= 0.6 is 15.9 Å². The Labute approximate surface area is 116 Å². The van der Waals surface area contributed by atoms with Gasteiger partial charge in [-0.05, 0) is 52.2 Å². The summed E-state index contributed by atoms with van der Waals surface area (Å²) in [5, 5.41) is 10.2. The number of hydrogen-bond acceptors (Lipinski definition) is 1. The van der Waals surface area contributed by atoms with Gasteiger partial charge in [-0.25, -0.2) is 13.2 Å². The highest BCUT2D eigenvalue weighted by atomic mass is 79.9. The van der Waals surface area contributed by atoms with Crippen LogP contribution in [0.4, 0.5) is 13.2 Å². The second-order valence-corrected chi connectivity index (χ2v) is 4.96. The summed E-state index contributed by atoms with van der Waals surface area (Å²) < 4.78 is 39.5. The molecule has 19 heavy (non-hydrogen) atoms. The second kappa shape index (κ2) is 5.35. The van der Waals surface area contributed by atoms with Crippen LogP contribution in [0.15, 0.2) is 34.8 Å². The molecule has 0 saturated carbocycles. The monoisotopic (exact) mass is 330 g/mol. The fourth-order valence-corrected chi connectivity index (χ4v) is 2.36. The molecule has 2 aromatic carbocycles. The zero-order valence-corrected chi connectivity index (χ0v) is 11.5. The van der Waals surface area contributed by atoms with Crippen LogP contribution in [0.3, 0.4) is 0 Å². The second-order valence-electron chi connectivity index (χ2n) is 4.17. The zero-order chi connectivity index (χ0) is 14.2. The maximum absolute atomic E-state index is 13.4. The van der Waals surface area contributed by atoms with Gasteiger partial charge in [0.15, 0.2) is 11.6 Å². The van der Waals surface area contributed by atoms with E-state index in [1.54, 1.807) is 6.92 Å². The van der Waals surface area contributed by atoms with Gasteiger partial charge >= 0.3 is 0 Å². The highest BCUT2D eigenvalue weighted by Gasteiger charge is 2.20. The molecule has 2 rings (SSSR count). The maximum atomic E-state index is 13.4. The molecule has 5 heteroatoms. The smallest absolute Gasteiger partial charge is 0.173 e. The Morgan fingerprint density at radius 3 is 2.42 bits per heavy atom. The summed E-state index contributed by atoms with van der Waals surface area (Å²) in [4.78, 5) is 0. The van der Waals surface area contributed by atoms with E-state index in [4.69, 9.17) is 0 Å². The highest BCUT2D eigenvalue weighted by molar-refractivity contribution is 9.10. The number of hydrogen-bond donors (Lipinski definition) is 1. The lowest BCUT2D eigenvalue weighted by Crippen LogP contribution is -2.05. The van der Waals surface area contributed by atoms with Crippen molar-refractivity contribution >= 4 is 15.9 Å². The minimum Gasteiger partial charge on any atom is -0.384 e. The van der Waals surface area contributed by atoms with Gasteiger partial charge < -0.3 is 5.11 Å². The van der Waals surface area contributed by atoms with Gasteiger partial charge in [0, 0.05) is 5.56 Å². The molecule has 1 atom stereocenters. The molecule has 0 radical (unpaired) electrons. The van der Waals surface area contributed by atoms with E-state index in [0.29, 0.717) is 11.1 Å². The predicted octanol–water partition coefficient (Wildman–Crippen LogP) is 4.26. The first-order valence-electron chi connectivity index (χ1n) is 5.49. The largest absolute Gasteiger partial charge is 0.384 e. The molecule has 1 nitrogen and oxygen atoms in total. The Hall–Kier alpha value is -1.33. The van der Waals surface area contributed by atoms with Crippen LogP contribution in [-0.4, -0.2) is 5.11 Å². The summed E-state index contributed by atoms with van der Waals surface area (Å²) in [6.07, 6.45) is -1.24. The van der Waals surface area contributed by atoms with Gasteiger partial charge in [0.2, 0.25) is 0 Å². The molecule has 0 spiro atoms. The minimum absolute atomic E-state index is 0.146. The van der Waals surface area contributed by atoms with Gasteiger partial charge in [0.25, 0.3) is 0 Å². The summed E-state index contributed by atoms with van der Waals surface area (Å²) in [6.45, 7) is 1.70. The molecule has 0 bridgehead atoms. The summed E-state index contributed by atoms with van der Waals surface area (Å²) in [5.41, 5.74) is 1.12. The van der Waals surface area contributed by atoms with E-state index >= 15 is 0 Å². The van der Waals surface area contributed by atoms with Crippen molar-refractivity contribution in [3.63, 3.8) is 0 Å². The van der Waals surface area contributed by atoms with Crippen molar-refractivity contribution in [1.82, 2.24) is 0 Å². The molecule has 0 aliphatic carbocycles. The van der Waals surface area contributed by atoms with E-state index in [9.17, 15) is 18.3 Å². The van der Waals surface area contributed by atoms with Crippen molar-refractivity contribution < 1.29 is 18.3 Å². The molecule has 1 N–H and O–H groups in total. The van der Waals surface area contributed by atoms with Gasteiger partial charge in [-0.3, -0.25) is 0 Å². The van der Waals surface area contributed by atoms with Crippen LogP contribution in [0.2, 0.25) is 0 Å². The molecule has 100 valence electrons. The van der Waals surface area contributed by atoms with E-state index in [0.717, 1.165) is 6.07 Å². The van der Waals surface area contributed by atoms with Crippen LogP contribution in [0.25, 0.3) is 0 Å². The summed E-state index contributed by atoms with van der Waals surface area (Å²) >= 11 is 2.90. The number of rotatable bonds is 2. The Morgan fingerprint density at radius 2 is 1.74 bits per heavy atom. The lowest BCUT2D eigenvalue weighted by Gasteiger charge is -2.16. The topological polar surface area (TPSA) is 20.2 Å². The fourth-order valence-electron chi connectivity index (χ4n) is 1.83. The molecular formula is C14H10BrF3O. The van der Waals surface area contributed by atoms with Gasteiger partial charge in [-0.2, -0.15) is 0 Å². The number of benzene rings is 2. The number of aryl methyl sites for hydroxylation is 1. The van der Waals surface area contributed by atoms with E-state index < -0.39 is 23.6 Å². The third-order valence-electron chi connectivity index (χ3n) is 2.90. The Bertz CT molecular complexity index is 628. The van der Waals surface area contributed by atoms with Crippen molar-refractivity contribution in [2.24, 2.45) is 0 Å². The molecule has 0 aliphatic rings. The lowest BCUT2D eigenvalue weighted by molar-refractivity contribution is 0.217. The maximum Gasteiger partial charge on any atom is 0.173 e. The van der Waals surface area contributed by atoms with Crippen molar-refractivity contribution in [3.8, 4) is 0 Å². The summed E-state index contributed by atoms with van der Waals surface area (Å²) in [7, 11) is 0. The van der Waals surface area contributed by atoms with E-state index in [1.165, 1.54) is 24.3 Å². The summed E-state index contributed by atoms with van der Waals surface area (Å²) in [6, 6.07) is 6.14. The quantitative estimate of drug-likeness (QED) is 0.816. The Balaban J connectivity index is 2.53. The van der Waals surface area contributed by atoms with Crippen LogP contribution < -0.4 is 0 Å². The van der Waals surface area contributed by atoms with E-state index in [-0.39, 0.29) is 10.0 Å². The molecular weight excluding hydrogens is 321 g/mol. The van der Waals surface area contributed by atoms with Gasteiger partial charge in [0.1, 0.15) is 11.9 Å². The average molecular weight is 331 g/mol. The molecule has 0 heterocycles. The zero-order valence-electron chi connectivity index (χ0n) is 9.92. The average Bonchev–Trinajstić information content (AvgIpc) is 2.38. The third-order valence-corrected chi connectivity index (χ3v) is 3.70. The van der Waals surface area contributed by atoms with E-state index in [1.807, 2.05) is 0 Å². The first-order chi connectivity index (χ1) is 8.91. The SMILES string of the molecule is Cc1ccc(F)cc1C(O)c1ccc(F)c(F)c1Br. The van der Waals surface area contributed by atoms with Crippen molar-refractivity contribution in [2.45, 2.75) is 13.0 Å². The predicted molar refractivity (Wildman–Crippen MR) is 69.3 cm³/mol. The molecule has 0 aliphatic heterocycles. The standard InChI is InChI=1S/C14H10BrF3O/c1-7-2-3-8(16)6-10(7)14(19)9-4-5-11(17)13(18)12(9)15/h2-6,14,19H,1H3. The molecule has 2 aromatic rings. The Morgan fingerprint density at radius 1 is 1.05 bits per heavy atom. The van der Waals surface area contributed by atoms with Gasteiger partial charge in [-0.15, -0.1) is 0 Å². The third kappa shape index (κ3) is 2.67. The van der Waals surface area contributed by atoms with Crippen LogP contribution in [0, 0.1) is 24.4 Å². The Kier molecular flexibility index (Phi) is 3.96. The molecule has 0 amide bonds. The molecule has 0 fully saturated rings. The minimum atomic E-state index is -1.24. The number of aliphatic hydroxyl groups excluding tert-OH is 1. The number of aliphatic hydroxyl groups is 1. The van der Waals surface area contributed by atoms with E-state index in [2.05, 4.69) is 15.9 Å².